The van der Waals surface area contributed by atoms with Gasteiger partial charge in [-0.05, 0) is 25.0 Å². The highest BCUT2D eigenvalue weighted by Crippen LogP contribution is 2.08. The first-order valence-electron chi connectivity index (χ1n) is 6.23. The summed E-state index contributed by atoms with van der Waals surface area (Å²) in [6.07, 6.45) is 0. The molecule has 19 heavy (non-hydrogen) atoms. The molecule has 1 aromatic rings. The van der Waals surface area contributed by atoms with Gasteiger partial charge in [0.2, 0.25) is 10.0 Å². The normalized spacial score (nSPS) is 13.4. The molecule has 0 aliphatic carbocycles. The summed E-state index contributed by atoms with van der Waals surface area (Å²) in [4.78, 5) is 0. The number of ether oxygens (including phenoxy) is 1. The summed E-state index contributed by atoms with van der Waals surface area (Å²) in [6.45, 7) is 4.51. The van der Waals surface area contributed by atoms with E-state index in [2.05, 4.69) is 4.72 Å². The molecular formula is C13H21NO4S. The SMILES string of the molecule is CCOCC(C)NS(=O)(=O)Cc1ccc(CO)cc1. The van der Waals surface area contributed by atoms with Gasteiger partial charge in [0.1, 0.15) is 0 Å². The number of rotatable bonds is 8. The number of aliphatic hydroxyl groups excluding tert-OH is 1. The fraction of sp³-hybridized carbons (Fsp3) is 0.538. The van der Waals surface area contributed by atoms with Crippen LogP contribution in [0.25, 0.3) is 0 Å². The average molecular weight is 287 g/mol. The molecule has 1 atom stereocenters. The van der Waals surface area contributed by atoms with Crippen LogP contribution in [0.5, 0.6) is 0 Å². The Morgan fingerprint density at radius 2 is 1.84 bits per heavy atom. The lowest BCUT2D eigenvalue weighted by atomic mass is 10.2. The van der Waals surface area contributed by atoms with Crippen LogP contribution in [0.4, 0.5) is 0 Å². The standard InChI is InChI=1S/C13H21NO4S/c1-3-18-9-11(2)14-19(16,17)10-13-6-4-12(8-15)5-7-13/h4-7,11,14-15H,3,8-10H2,1-2H3. The van der Waals surface area contributed by atoms with E-state index in [1.165, 1.54) is 0 Å². The summed E-state index contributed by atoms with van der Waals surface area (Å²) in [7, 11) is -3.38. The molecule has 0 aromatic heterocycles. The largest absolute Gasteiger partial charge is 0.392 e. The Balaban J connectivity index is 2.58. The third-order valence-electron chi connectivity index (χ3n) is 2.51. The molecule has 2 N–H and O–H groups in total. The fourth-order valence-electron chi connectivity index (χ4n) is 1.64. The van der Waals surface area contributed by atoms with Crippen molar-refractivity contribution in [2.75, 3.05) is 13.2 Å². The number of sulfonamides is 1. The highest BCUT2D eigenvalue weighted by Gasteiger charge is 2.15. The molecule has 6 heteroatoms. The van der Waals surface area contributed by atoms with Crippen LogP contribution in [0.1, 0.15) is 25.0 Å². The van der Waals surface area contributed by atoms with E-state index in [4.69, 9.17) is 9.84 Å². The number of aliphatic hydroxyl groups is 1. The smallest absolute Gasteiger partial charge is 0.216 e. The van der Waals surface area contributed by atoms with Crippen molar-refractivity contribution >= 4 is 10.0 Å². The predicted molar refractivity (Wildman–Crippen MR) is 74.1 cm³/mol. The van der Waals surface area contributed by atoms with E-state index < -0.39 is 10.0 Å². The molecule has 0 bridgehead atoms. The quantitative estimate of drug-likeness (QED) is 0.748. The predicted octanol–water partition coefficient (Wildman–Crippen LogP) is 1.02. The van der Waals surface area contributed by atoms with Crippen molar-refractivity contribution in [3.05, 3.63) is 35.4 Å². The van der Waals surface area contributed by atoms with Crippen LogP contribution in [0.2, 0.25) is 0 Å². The van der Waals surface area contributed by atoms with E-state index in [9.17, 15) is 8.42 Å². The van der Waals surface area contributed by atoms with Crippen LogP contribution < -0.4 is 4.72 Å². The van der Waals surface area contributed by atoms with Crippen molar-refractivity contribution in [1.82, 2.24) is 4.72 Å². The average Bonchev–Trinajstić information content (AvgIpc) is 2.36. The van der Waals surface area contributed by atoms with Gasteiger partial charge in [-0.2, -0.15) is 0 Å². The molecule has 0 aliphatic heterocycles. The van der Waals surface area contributed by atoms with Crippen molar-refractivity contribution in [2.24, 2.45) is 0 Å². The van der Waals surface area contributed by atoms with E-state index in [0.29, 0.717) is 18.8 Å². The second kappa shape index (κ2) is 7.59. The van der Waals surface area contributed by atoms with E-state index in [-0.39, 0.29) is 18.4 Å². The third-order valence-corrected chi connectivity index (χ3v) is 3.99. The van der Waals surface area contributed by atoms with Gasteiger partial charge in [-0.15, -0.1) is 0 Å². The first kappa shape index (κ1) is 16.1. The first-order chi connectivity index (χ1) is 8.96. The van der Waals surface area contributed by atoms with Crippen LogP contribution in [-0.2, 0) is 27.1 Å². The summed E-state index contributed by atoms with van der Waals surface area (Å²) < 4.78 is 31.6. The molecule has 0 saturated heterocycles. The molecule has 0 radical (unpaired) electrons. The lowest BCUT2D eigenvalue weighted by Crippen LogP contribution is -2.36. The number of nitrogens with one attached hydrogen (secondary N) is 1. The summed E-state index contributed by atoms with van der Waals surface area (Å²) in [5, 5.41) is 8.92. The Kier molecular flexibility index (Phi) is 6.44. The number of hydrogen-bond donors (Lipinski definition) is 2. The highest BCUT2D eigenvalue weighted by atomic mass is 32.2. The van der Waals surface area contributed by atoms with Crippen molar-refractivity contribution in [2.45, 2.75) is 32.2 Å². The zero-order valence-corrected chi connectivity index (χ0v) is 12.1. The zero-order valence-electron chi connectivity index (χ0n) is 11.3. The maximum atomic E-state index is 11.9. The monoisotopic (exact) mass is 287 g/mol. The Hall–Kier alpha value is -0.950. The minimum absolute atomic E-state index is 0.0450. The maximum absolute atomic E-state index is 11.9. The van der Waals surface area contributed by atoms with Gasteiger partial charge in [0, 0.05) is 12.6 Å². The van der Waals surface area contributed by atoms with Crippen molar-refractivity contribution < 1.29 is 18.3 Å². The summed E-state index contributed by atoms with van der Waals surface area (Å²) >= 11 is 0. The molecule has 5 nitrogen and oxygen atoms in total. The maximum Gasteiger partial charge on any atom is 0.216 e. The first-order valence-corrected chi connectivity index (χ1v) is 7.88. The molecule has 1 unspecified atom stereocenters. The summed E-state index contributed by atoms with van der Waals surface area (Å²) in [5.41, 5.74) is 1.45. The molecule has 0 spiro atoms. The highest BCUT2D eigenvalue weighted by molar-refractivity contribution is 7.88. The summed E-state index contributed by atoms with van der Waals surface area (Å²) in [6, 6.07) is 6.60. The third kappa shape index (κ3) is 6.15. The molecule has 108 valence electrons. The minimum Gasteiger partial charge on any atom is -0.392 e. The molecular weight excluding hydrogens is 266 g/mol. The van der Waals surface area contributed by atoms with Gasteiger partial charge in [-0.3, -0.25) is 0 Å². The lowest BCUT2D eigenvalue weighted by Gasteiger charge is -2.14. The van der Waals surface area contributed by atoms with Crippen LogP contribution in [0, 0.1) is 0 Å². The second-order valence-corrected chi connectivity index (χ2v) is 6.17. The topological polar surface area (TPSA) is 75.6 Å². The van der Waals surface area contributed by atoms with Gasteiger partial charge in [0.25, 0.3) is 0 Å². The fourth-order valence-corrected chi connectivity index (χ4v) is 3.03. The van der Waals surface area contributed by atoms with E-state index in [1.54, 1.807) is 31.2 Å². The zero-order chi connectivity index (χ0) is 14.3. The number of benzene rings is 1. The van der Waals surface area contributed by atoms with Crippen LogP contribution in [-0.4, -0.2) is 32.8 Å². The lowest BCUT2D eigenvalue weighted by molar-refractivity contribution is 0.133. The number of hydrogen-bond acceptors (Lipinski definition) is 4. The molecule has 1 aromatic carbocycles. The van der Waals surface area contributed by atoms with Gasteiger partial charge >= 0.3 is 0 Å². The Labute approximate surface area is 114 Å². The Bertz CT molecular complexity index is 470. The molecule has 0 saturated carbocycles. The van der Waals surface area contributed by atoms with Gasteiger partial charge in [0.15, 0.2) is 0 Å². The molecule has 0 fully saturated rings. The van der Waals surface area contributed by atoms with Crippen LogP contribution in [0.3, 0.4) is 0 Å². The van der Waals surface area contributed by atoms with E-state index in [0.717, 1.165) is 5.56 Å². The van der Waals surface area contributed by atoms with Crippen LogP contribution >= 0.6 is 0 Å². The second-order valence-electron chi connectivity index (χ2n) is 4.41. The Morgan fingerprint density at radius 3 is 2.37 bits per heavy atom. The van der Waals surface area contributed by atoms with E-state index >= 15 is 0 Å². The van der Waals surface area contributed by atoms with E-state index in [1.807, 2.05) is 6.92 Å². The molecule has 1 rings (SSSR count). The minimum atomic E-state index is -3.38. The molecule has 0 aliphatic rings. The van der Waals surface area contributed by atoms with Crippen molar-refractivity contribution in [3.63, 3.8) is 0 Å². The van der Waals surface area contributed by atoms with Gasteiger partial charge in [-0.1, -0.05) is 24.3 Å². The molecule has 0 amide bonds. The van der Waals surface area contributed by atoms with Gasteiger partial charge < -0.3 is 9.84 Å². The Morgan fingerprint density at radius 1 is 1.26 bits per heavy atom. The van der Waals surface area contributed by atoms with Crippen molar-refractivity contribution in [1.29, 1.82) is 0 Å². The van der Waals surface area contributed by atoms with Crippen molar-refractivity contribution in [3.8, 4) is 0 Å². The molecule has 0 heterocycles. The summed E-state index contributed by atoms with van der Waals surface area (Å²) in [5.74, 6) is -0.0742. The van der Waals surface area contributed by atoms with Gasteiger partial charge in [0.05, 0.1) is 19.0 Å². The van der Waals surface area contributed by atoms with Crippen LogP contribution in [0.15, 0.2) is 24.3 Å². The van der Waals surface area contributed by atoms with Gasteiger partial charge in [-0.25, -0.2) is 13.1 Å².